The molecular weight excluding hydrogens is 372 g/mol. The minimum atomic E-state index is 0.152. The molecule has 0 bridgehead atoms. The van der Waals surface area contributed by atoms with Crippen molar-refractivity contribution in [3.63, 3.8) is 0 Å². The van der Waals surface area contributed by atoms with Gasteiger partial charge >= 0.3 is 0 Å². The Bertz CT molecular complexity index is 1180. The predicted octanol–water partition coefficient (Wildman–Crippen LogP) is 5.30. The van der Waals surface area contributed by atoms with Crippen molar-refractivity contribution in [3.8, 4) is 11.5 Å². The minimum Gasteiger partial charge on any atom is -0.496 e. The van der Waals surface area contributed by atoms with Gasteiger partial charge in [0.15, 0.2) is 0 Å². The van der Waals surface area contributed by atoms with Crippen molar-refractivity contribution in [2.24, 2.45) is 0 Å². The summed E-state index contributed by atoms with van der Waals surface area (Å²) in [6.07, 6.45) is 1.00. The Morgan fingerprint density at radius 3 is 2.67 bits per heavy atom. The first kappa shape index (κ1) is 18.8. The zero-order valence-corrected chi connectivity index (χ0v) is 17.4. The largest absolute Gasteiger partial charge is 0.496 e. The molecule has 5 rings (SSSR count). The van der Waals surface area contributed by atoms with E-state index in [9.17, 15) is 0 Å². The number of aromatic nitrogens is 1. The maximum atomic E-state index is 6.07. The van der Waals surface area contributed by atoms with Crippen LogP contribution in [0.15, 0.2) is 66.7 Å². The van der Waals surface area contributed by atoms with Crippen molar-refractivity contribution < 1.29 is 9.47 Å². The number of nitrogens with one attached hydrogen (secondary N) is 2. The second-order valence-electron chi connectivity index (χ2n) is 7.87. The number of ether oxygens (including phenoxy) is 2. The number of benzene rings is 3. The van der Waals surface area contributed by atoms with Crippen LogP contribution in [0.3, 0.4) is 0 Å². The molecule has 1 aromatic heterocycles. The molecule has 0 radical (unpaired) electrons. The molecule has 1 unspecified atom stereocenters. The van der Waals surface area contributed by atoms with E-state index < -0.39 is 0 Å². The molecule has 152 valence electrons. The Morgan fingerprint density at radius 1 is 1.00 bits per heavy atom. The van der Waals surface area contributed by atoms with Crippen LogP contribution in [0.1, 0.15) is 34.0 Å². The number of aromatic amines is 1. The topological polar surface area (TPSA) is 46.3 Å². The van der Waals surface area contributed by atoms with Gasteiger partial charge in [0.25, 0.3) is 0 Å². The van der Waals surface area contributed by atoms with Crippen LogP contribution in [0.2, 0.25) is 0 Å². The second-order valence-corrected chi connectivity index (χ2v) is 7.87. The second kappa shape index (κ2) is 7.88. The number of methoxy groups -OCH3 is 1. The summed E-state index contributed by atoms with van der Waals surface area (Å²) in [4.78, 5) is 3.66. The number of rotatable bonds is 5. The van der Waals surface area contributed by atoms with E-state index in [1.165, 1.54) is 27.8 Å². The van der Waals surface area contributed by atoms with Gasteiger partial charge in [-0.05, 0) is 59.9 Å². The van der Waals surface area contributed by atoms with Crippen LogP contribution in [0.25, 0.3) is 10.9 Å². The molecule has 2 heterocycles. The fraction of sp³-hybridized carbons (Fsp3) is 0.231. The Morgan fingerprint density at radius 2 is 1.87 bits per heavy atom. The summed E-state index contributed by atoms with van der Waals surface area (Å²) < 4.78 is 11.5. The number of hydrogen-bond acceptors (Lipinski definition) is 3. The van der Waals surface area contributed by atoms with Crippen LogP contribution in [-0.2, 0) is 13.0 Å². The van der Waals surface area contributed by atoms with E-state index in [0.29, 0.717) is 6.61 Å². The smallest absolute Gasteiger partial charge is 0.121 e. The van der Waals surface area contributed by atoms with Gasteiger partial charge in [-0.2, -0.15) is 0 Å². The Hall–Kier alpha value is -3.24. The predicted molar refractivity (Wildman–Crippen MR) is 120 cm³/mol. The maximum absolute atomic E-state index is 6.07. The third kappa shape index (κ3) is 3.44. The highest BCUT2D eigenvalue weighted by molar-refractivity contribution is 5.86. The average molecular weight is 399 g/mol. The normalized spacial score (nSPS) is 15.7. The van der Waals surface area contributed by atoms with Gasteiger partial charge in [0, 0.05) is 23.1 Å². The molecule has 0 amide bonds. The number of fused-ring (bicyclic) bond motifs is 3. The fourth-order valence-electron chi connectivity index (χ4n) is 4.40. The number of H-pyrrole nitrogens is 1. The zero-order chi connectivity index (χ0) is 20.5. The van der Waals surface area contributed by atoms with Crippen molar-refractivity contribution in [1.29, 1.82) is 0 Å². The first-order valence-corrected chi connectivity index (χ1v) is 10.4. The van der Waals surface area contributed by atoms with E-state index in [0.717, 1.165) is 35.5 Å². The number of hydrogen-bond donors (Lipinski definition) is 2. The minimum absolute atomic E-state index is 0.152. The molecule has 0 aliphatic carbocycles. The molecule has 0 spiro atoms. The first-order valence-electron chi connectivity index (χ1n) is 10.4. The van der Waals surface area contributed by atoms with Crippen LogP contribution in [-0.4, -0.2) is 18.6 Å². The van der Waals surface area contributed by atoms with Crippen molar-refractivity contribution >= 4 is 10.9 Å². The summed E-state index contributed by atoms with van der Waals surface area (Å²) in [5, 5.41) is 4.93. The molecule has 0 saturated heterocycles. The van der Waals surface area contributed by atoms with Gasteiger partial charge in [-0.3, -0.25) is 0 Å². The molecule has 1 aliphatic rings. The molecular formula is C26H26N2O2. The summed E-state index contributed by atoms with van der Waals surface area (Å²) in [5.41, 5.74) is 7.37. The molecule has 0 saturated carbocycles. The van der Waals surface area contributed by atoms with Gasteiger partial charge in [-0.15, -0.1) is 0 Å². The average Bonchev–Trinajstić information content (AvgIpc) is 3.16. The van der Waals surface area contributed by atoms with E-state index in [1.807, 2.05) is 24.3 Å². The molecule has 3 aromatic carbocycles. The Labute approximate surface area is 176 Å². The lowest BCUT2D eigenvalue weighted by Gasteiger charge is -2.25. The van der Waals surface area contributed by atoms with Crippen LogP contribution in [0.4, 0.5) is 0 Å². The summed E-state index contributed by atoms with van der Waals surface area (Å²) in [5.74, 6) is 1.83. The van der Waals surface area contributed by atoms with Crippen LogP contribution in [0.5, 0.6) is 11.5 Å². The third-order valence-electron chi connectivity index (χ3n) is 5.92. The maximum Gasteiger partial charge on any atom is 0.121 e. The van der Waals surface area contributed by atoms with Gasteiger partial charge in [0.1, 0.15) is 18.1 Å². The van der Waals surface area contributed by atoms with Crippen molar-refractivity contribution in [2.75, 3.05) is 13.7 Å². The zero-order valence-electron chi connectivity index (χ0n) is 17.4. The van der Waals surface area contributed by atoms with Crippen molar-refractivity contribution in [3.05, 3.63) is 94.7 Å². The molecule has 1 atom stereocenters. The van der Waals surface area contributed by atoms with E-state index in [1.54, 1.807) is 7.11 Å². The SMILES string of the molecule is COc1ccc(C2NCCc3c2[nH]c2ccc(OCc4ccccc4)cc32)cc1C. The lowest BCUT2D eigenvalue weighted by Crippen LogP contribution is -2.30. The lowest BCUT2D eigenvalue weighted by atomic mass is 9.93. The molecule has 2 N–H and O–H groups in total. The van der Waals surface area contributed by atoms with E-state index in [2.05, 4.69) is 59.7 Å². The molecule has 4 heteroatoms. The fourth-order valence-corrected chi connectivity index (χ4v) is 4.40. The lowest BCUT2D eigenvalue weighted by molar-refractivity contribution is 0.306. The standard InChI is InChI=1S/C26H26N2O2/c1-17-14-19(8-11-24(17)29-2)25-26-21(12-13-27-25)22-15-20(9-10-23(22)28-26)30-16-18-6-4-3-5-7-18/h3-11,14-15,25,27-28H,12-13,16H2,1-2H3. The Balaban J connectivity index is 1.46. The monoisotopic (exact) mass is 398 g/mol. The summed E-state index contributed by atoms with van der Waals surface area (Å²) in [7, 11) is 1.72. The molecule has 4 aromatic rings. The molecule has 4 nitrogen and oxygen atoms in total. The summed E-state index contributed by atoms with van der Waals surface area (Å²) >= 11 is 0. The molecule has 0 fully saturated rings. The third-order valence-corrected chi connectivity index (χ3v) is 5.92. The highest BCUT2D eigenvalue weighted by Gasteiger charge is 2.25. The number of aryl methyl sites for hydroxylation is 1. The summed E-state index contributed by atoms with van der Waals surface area (Å²) in [6, 6.07) is 23.2. The van der Waals surface area contributed by atoms with E-state index >= 15 is 0 Å². The van der Waals surface area contributed by atoms with Gasteiger partial charge in [-0.25, -0.2) is 0 Å². The quantitative estimate of drug-likeness (QED) is 0.480. The van der Waals surface area contributed by atoms with Crippen LogP contribution in [0, 0.1) is 6.92 Å². The Kier molecular flexibility index (Phi) is 4.93. The van der Waals surface area contributed by atoms with Crippen LogP contribution >= 0.6 is 0 Å². The van der Waals surface area contributed by atoms with Gasteiger partial charge < -0.3 is 19.8 Å². The van der Waals surface area contributed by atoms with Gasteiger partial charge in [-0.1, -0.05) is 42.5 Å². The highest BCUT2D eigenvalue weighted by atomic mass is 16.5. The van der Waals surface area contributed by atoms with Crippen molar-refractivity contribution in [2.45, 2.75) is 26.0 Å². The highest BCUT2D eigenvalue weighted by Crippen LogP contribution is 2.36. The summed E-state index contributed by atoms with van der Waals surface area (Å²) in [6.45, 7) is 3.62. The molecule has 30 heavy (non-hydrogen) atoms. The van der Waals surface area contributed by atoms with Gasteiger partial charge in [0.2, 0.25) is 0 Å². The first-order chi connectivity index (χ1) is 14.7. The van der Waals surface area contributed by atoms with Gasteiger partial charge in [0.05, 0.1) is 13.2 Å². The van der Waals surface area contributed by atoms with E-state index in [-0.39, 0.29) is 6.04 Å². The van der Waals surface area contributed by atoms with E-state index in [4.69, 9.17) is 9.47 Å². The molecule has 1 aliphatic heterocycles. The van der Waals surface area contributed by atoms with Crippen LogP contribution < -0.4 is 14.8 Å². The van der Waals surface area contributed by atoms with Crippen molar-refractivity contribution in [1.82, 2.24) is 10.3 Å².